The topological polar surface area (TPSA) is 178 Å². The summed E-state index contributed by atoms with van der Waals surface area (Å²) in [5, 5.41) is 8.25. The van der Waals surface area contributed by atoms with Gasteiger partial charge in [-0.3, -0.25) is 9.59 Å². The third-order valence-corrected chi connectivity index (χ3v) is 8.00. The molecule has 0 aliphatic carbocycles. The predicted molar refractivity (Wildman–Crippen MR) is 156 cm³/mol. The fourth-order valence-corrected chi connectivity index (χ4v) is 5.82. The Balaban J connectivity index is 1.20. The highest BCUT2D eigenvalue weighted by Crippen LogP contribution is 2.36. The number of nitrogens with zero attached hydrogens (tertiary/aromatic N) is 6. The van der Waals surface area contributed by atoms with Crippen molar-refractivity contribution in [2.45, 2.75) is 6.29 Å². The molecule has 2 fully saturated rings. The minimum absolute atomic E-state index is 0.192. The lowest BCUT2D eigenvalue weighted by Crippen LogP contribution is -2.57. The zero-order chi connectivity index (χ0) is 29.2. The molecule has 5 N–H and O–H groups in total. The number of aromatic nitrogens is 3. The number of nitrogens with two attached hydrogens (primary N) is 2. The van der Waals surface area contributed by atoms with Crippen LogP contribution in [0.25, 0.3) is 22.3 Å². The Morgan fingerprint density at radius 1 is 1.14 bits per heavy atom. The van der Waals surface area contributed by atoms with Gasteiger partial charge >= 0.3 is 0 Å². The molecule has 2 aliphatic heterocycles. The first kappa shape index (κ1) is 27.6. The van der Waals surface area contributed by atoms with E-state index >= 15 is 0 Å². The van der Waals surface area contributed by atoms with Crippen LogP contribution in [0.2, 0.25) is 0 Å². The van der Waals surface area contributed by atoms with Crippen LogP contribution in [0.1, 0.15) is 21.7 Å². The van der Waals surface area contributed by atoms with Crippen molar-refractivity contribution in [3.8, 4) is 17.1 Å². The number of fused-ring (bicyclic) bond motifs is 1. The Kier molecular flexibility index (Phi) is 7.71. The summed E-state index contributed by atoms with van der Waals surface area (Å²) >= 11 is 1.40. The summed E-state index contributed by atoms with van der Waals surface area (Å²) in [5.41, 5.74) is 2.55. The van der Waals surface area contributed by atoms with Gasteiger partial charge in [-0.15, -0.1) is 16.4 Å². The van der Waals surface area contributed by atoms with E-state index in [4.69, 9.17) is 25.9 Å². The number of carbonyl (C=O) groups excluding carboxylic acids is 2. The molecular weight excluding hydrogens is 562 g/mol. The smallest absolute Gasteiger partial charge is 0.295 e. The van der Waals surface area contributed by atoms with E-state index in [2.05, 4.69) is 20.1 Å². The van der Waals surface area contributed by atoms with E-state index in [0.29, 0.717) is 71.0 Å². The number of guanidine groups is 1. The second kappa shape index (κ2) is 11.7. The van der Waals surface area contributed by atoms with Crippen LogP contribution < -0.4 is 21.4 Å². The number of aromatic amines is 1. The van der Waals surface area contributed by atoms with Crippen LogP contribution in [0.15, 0.2) is 53.2 Å². The maximum absolute atomic E-state index is 13.6. The fourth-order valence-electron chi connectivity index (χ4n) is 5.02. The van der Waals surface area contributed by atoms with Crippen molar-refractivity contribution in [1.82, 2.24) is 24.8 Å². The minimum atomic E-state index is -0.658. The van der Waals surface area contributed by atoms with Crippen molar-refractivity contribution < 1.29 is 23.8 Å². The van der Waals surface area contributed by atoms with Gasteiger partial charge in [-0.1, -0.05) is 18.2 Å². The summed E-state index contributed by atoms with van der Waals surface area (Å²) in [4.78, 5) is 42.6. The number of thiazole rings is 1. The highest BCUT2D eigenvalue weighted by atomic mass is 32.1. The van der Waals surface area contributed by atoms with Crippen molar-refractivity contribution in [3.05, 3.63) is 58.7 Å². The average molecular weight is 592 g/mol. The molecule has 218 valence electrons. The number of nitrogens with one attached hydrogen (secondary N) is 1. The molecule has 0 radical (unpaired) electrons. The fraction of sp³-hybridized carbons (Fsp3) is 0.296. The minimum Gasteiger partial charge on any atom is -0.494 e. The second-order valence-electron chi connectivity index (χ2n) is 9.52. The number of rotatable bonds is 6. The summed E-state index contributed by atoms with van der Waals surface area (Å²) < 4.78 is 16.6. The van der Waals surface area contributed by atoms with Crippen molar-refractivity contribution in [3.63, 3.8) is 0 Å². The van der Waals surface area contributed by atoms with Gasteiger partial charge in [0.15, 0.2) is 0 Å². The standard InChI is InChI=1S/C27H29N9O5S/c1-39-19-14-31-21(18-15-42-24(32-18)26-40-11-12-41-26)22-20(19)17(13-30-22)23(37)25(38)34-7-9-35(10-8-34)27(33-28)36(29)16-5-3-2-4-6-16/h2-6,13-15,26,30H,7-12,28-29H2,1H3/b33-27-. The van der Waals surface area contributed by atoms with Crippen LogP contribution in [-0.2, 0) is 14.3 Å². The maximum Gasteiger partial charge on any atom is 0.295 e. The van der Waals surface area contributed by atoms with Gasteiger partial charge in [0.25, 0.3) is 11.7 Å². The molecule has 1 amide bonds. The van der Waals surface area contributed by atoms with E-state index in [1.165, 1.54) is 40.7 Å². The number of hydrazone groups is 1. The first-order valence-corrected chi connectivity index (χ1v) is 14.1. The zero-order valence-corrected chi connectivity index (χ0v) is 23.5. The Morgan fingerprint density at radius 3 is 2.55 bits per heavy atom. The molecule has 1 aromatic carbocycles. The van der Waals surface area contributed by atoms with Crippen molar-refractivity contribution in [2.24, 2.45) is 16.8 Å². The van der Waals surface area contributed by atoms with Gasteiger partial charge in [0.2, 0.25) is 12.2 Å². The number of carbonyl (C=O) groups is 2. The van der Waals surface area contributed by atoms with Crippen molar-refractivity contribution in [2.75, 3.05) is 51.5 Å². The number of hydrogen-bond donors (Lipinski definition) is 3. The third-order valence-electron chi connectivity index (χ3n) is 7.14. The number of pyridine rings is 1. The first-order chi connectivity index (χ1) is 20.5. The van der Waals surface area contributed by atoms with Crippen molar-refractivity contribution >= 4 is 45.6 Å². The summed E-state index contributed by atoms with van der Waals surface area (Å²) in [6.45, 7) is 2.37. The number of amides is 1. The molecule has 4 aromatic rings. The Morgan fingerprint density at radius 2 is 1.86 bits per heavy atom. The van der Waals surface area contributed by atoms with Gasteiger partial charge in [0.1, 0.15) is 22.1 Å². The number of para-hydroxylation sites is 1. The Hall–Kier alpha value is -4.57. The number of piperazine rings is 1. The highest BCUT2D eigenvalue weighted by molar-refractivity contribution is 7.10. The number of ketones is 1. The van der Waals surface area contributed by atoms with Crippen molar-refractivity contribution in [1.29, 1.82) is 0 Å². The van der Waals surface area contributed by atoms with Gasteiger partial charge in [-0.25, -0.2) is 20.8 Å². The number of hydrogen-bond acceptors (Lipinski definition) is 11. The molecule has 6 rings (SSSR count). The molecule has 0 unspecified atom stereocenters. The Bertz CT molecular complexity index is 1630. The molecular formula is C27H29N9O5S. The van der Waals surface area contributed by atoms with Crippen LogP contribution in [0, 0.1) is 0 Å². The lowest BCUT2D eigenvalue weighted by atomic mass is 10.1. The molecule has 15 heteroatoms. The summed E-state index contributed by atoms with van der Waals surface area (Å²) in [7, 11) is 1.49. The molecule has 0 atom stereocenters. The van der Waals surface area contributed by atoms with Crippen LogP contribution in [-0.4, -0.2) is 88.9 Å². The number of anilines is 1. The predicted octanol–water partition coefficient (Wildman–Crippen LogP) is 1.68. The maximum atomic E-state index is 13.6. The van der Waals surface area contributed by atoms with E-state index in [0.717, 1.165) is 0 Å². The third kappa shape index (κ3) is 5.02. The lowest BCUT2D eigenvalue weighted by Gasteiger charge is -2.38. The molecule has 0 spiro atoms. The molecule has 3 aromatic heterocycles. The summed E-state index contributed by atoms with van der Waals surface area (Å²) in [6.07, 6.45) is 2.53. The normalized spacial score (nSPS) is 16.3. The van der Waals surface area contributed by atoms with Gasteiger partial charge in [0.05, 0.1) is 48.7 Å². The van der Waals surface area contributed by atoms with Gasteiger partial charge < -0.3 is 34.8 Å². The summed E-state index contributed by atoms with van der Waals surface area (Å²) in [5.74, 6) is 11.4. The quantitative estimate of drug-likeness (QED) is 0.0742. The molecule has 2 aliphatic rings. The van der Waals surface area contributed by atoms with E-state index in [-0.39, 0.29) is 18.7 Å². The monoisotopic (exact) mass is 591 g/mol. The zero-order valence-electron chi connectivity index (χ0n) is 22.7. The number of methoxy groups -OCH3 is 1. The molecule has 2 saturated heterocycles. The number of ether oxygens (including phenoxy) is 3. The SMILES string of the molecule is COc1cnc(-c2csc(C3OCCO3)n2)c2[nH]cc(C(=O)C(=O)N3CCN(/C(=N/N)N(N)c4ccccc4)CC3)c12. The van der Waals surface area contributed by atoms with E-state index in [1.807, 2.05) is 40.6 Å². The second-order valence-corrected chi connectivity index (χ2v) is 10.4. The van der Waals surface area contributed by atoms with E-state index in [9.17, 15) is 9.59 Å². The van der Waals surface area contributed by atoms with Gasteiger partial charge in [-0.2, -0.15) is 0 Å². The van der Waals surface area contributed by atoms with E-state index < -0.39 is 18.0 Å². The first-order valence-electron chi connectivity index (χ1n) is 13.2. The highest BCUT2D eigenvalue weighted by Gasteiger charge is 2.32. The van der Waals surface area contributed by atoms with Gasteiger partial charge in [-0.05, 0) is 12.1 Å². The van der Waals surface area contributed by atoms with Crippen LogP contribution in [0.4, 0.5) is 5.69 Å². The van der Waals surface area contributed by atoms with Crippen LogP contribution in [0.3, 0.4) is 0 Å². The number of hydrazine groups is 1. The average Bonchev–Trinajstić information content (AvgIpc) is 3.82. The largest absolute Gasteiger partial charge is 0.494 e. The molecule has 14 nitrogen and oxygen atoms in total. The molecule has 0 saturated carbocycles. The summed E-state index contributed by atoms with van der Waals surface area (Å²) in [6, 6.07) is 9.28. The van der Waals surface area contributed by atoms with Crippen LogP contribution >= 0.6 is 11.3 Å². The number of Topliss-reactive ketones (excluding diaryl/α,β-unsaturated/α-hetero) is 1. The van der Waals surface area contributed by atoms with Gasteiger partial charge in [0, 0.05) is 37.8 Å². The molecule has 5 heterocycles. The molecule has 0 bridgehead atoms. The molecule has 42 heavy (non-hydrogen) atoms. The number of H-pyrrole nitrogens is 1. The lowest BCUT2D eigenvalue weighted by molar-refractivity contribution is -0.127. The van der Waals surface area contributed by atoms with E-state index in [1.54, 1.807) is 0 Å². The Labute approximate surface area is 244 Å². The number of benzene rings is 1. The van der Waals surface area contributed by atoms with Crippen LogP contribution in [0.5, 0.6) is 5.75 Å².